The Kier molecular flexibility index (Phi) is 6.18. The van der Waals surface area contributed by atoms with Crippen LogP contribution < -0.4 is 10.7 Å². The summed E-state index contributed by atoms with van der Waals surface area (Å²) in [6.07, 6.45) is 2.96. The molecule has 4 nitrogen and oxygen atoms in total. The van der Waals surface area contributed by atoms with Crippen molar-refractivity contribution in [3.63, 3.8) is 0 Å². The number of urea groups is 1. The molecule has 0 unspecified atom stereocenters. The first-order chi connectivity index (χ1) is 10.8. The maximum absolute atomic E-state index is 11.9. The van der Waals surface area contributed by atoms with Gasteiger partial charge in [-0.15, -0.1) is 0 Å². The van der Waals surface area contributed by atoms with Gasteiger partial charge < -0.3 is 5.32 Å². The molecule has 0 heterocycles. The molecular weight excluding hydrogens is 274 g/mol. The zero-order valence-corrected chi connectivity index (χ0v) is 12.8. The van der Waals surface area contributed by atoms with E-state index in [0.29, 0.717) is 0 Å². The smallest absolute Gasteiger partial charge is 0.307 e. The largest absolute Gasteiger partial charge is 0.339 e. The first-order valence-electron chi connectivity index (χ1n) is 7.53. The molecular formula is C18H21N3O. The van der Waals surface area contributed by atoms with E-state index in [2.05, 4.69) is 22.8 Å². The van der Waals surface area contributed by atoms with Gasteiger partial charge >= 0.3 is 6.03 Å². The van der Waals surface area contributed by atoms with E-state index in [1.54, 1.807) is 0 Å². The number of hydrogen-bond donors (Lipinski definition) is 2. The molecule has 0 aliphatic carbocycles. The zero-order chi connectivity index (χ0) is 15.6. The van der Waals surface area contributed by atoms with Crippen LogP contribution in [0.1, 0.15) is 31.7 Å². The fourth-order valence-electron chi connectivity index (χ4n) is 2.04. The number of carbonyl (C=O) groups excluding carboxylic acids is 1. The van der Waals surface area contributed by atoms with Crippen LogP contribution in [0.25, 0.3) is 0 Å². The highest BCUT2D eigenvalue weighted by atomic mass is 16.2. The highest BCUT2D eigenvalue weighted by Crippen LogP contribution is 2.08. The van der Waals surface area contributed by atoms with Gasteiger partial charge in [-0.1, -0.05) is 61.9 Å². The van der Waals surface area contributed by atoms with Crippen LogP contribution in [0.5, 0.6) is 0 Å². The van der Waals surface area contributed by atoms with Crippen molar-refractivity contribution >= 4 is 17.4 Å². The van der Waals surface area contributed by atoms with Crippen LogP contribution >= 0.6 is 0 Å². The van der Waals surface area contributed by atoms with Gasteiger partial charge in [0, 0.05) is 5.69 Å². The minimum absolute atomic E-state index is 0.337. The molecule has 0 aromatic heterocycles. The predicted molar refractivity (Wildman–Crippen MR) is 91.1 cm³/mol. The molecule has 0 spiro atoms. The monoisotopic (exact) mass is 295 g/mol. The summed E-state index contributed by atoms with van der Waals surface area (Å²) in [5.74, 6) is 0. The Morgan fingerprint density at radius 1 is 1.00 bits per heavy atom. The third-order valence-electron chi connectivity index (χ3n) is 3.20. The van der Waals surface area contributed by atoms with Gasteiger partial charge in [-0.05, 0) is 30.5 Å². The van der Waals surface area contributed by atoms with Crippen LogP contribution in [0.2, 0.25) is 0 Å². The first-order valence-corrected chi connectivity index (χ1v) is 7.53. The van der Waals surface area contributed by atoms with Crippen molar-refractivity contribution in [2.24, 2.45) is 5.10 Å². The number of rotatable bonds is 6. The van der Waals surface area contributed by atoms with Gasteiger partial charge in [0.2, 0.25) is 0 Å². The lowest BCUT2D eigenvalue weighted by Crippen LogP contribution is -2.25. The quantitative estimate of drug-likeness (QED) is 0.602. The fraction of sp³-hybridized carbons (Fsp3) is 0.222. The molecule has 0 aliphatic heterocycles. The molecule has 2 aromatic carbocycles. The lowest BCUT2D eigenvalue weighted by molar-refractivity contribution is 0.252. The van der Waals surface area contributed by atoms with Crippen molar-refractivity contribution in [2.75, 3.05) is 5.32 Å². The summed E-state index contributed by atoms with van der Waals surface area (Å²) in [5, 5.41) is 7.03. The minimum atomic E-state index is -0.337. The molecule has 0 saturated heterocycles. The molecule has 4 heteroatoms. The van der Waals surface area contributed by atoms with E-state index in [0.717, 1.165) is 36.2 Å². The van der Waals surface area contributed by atoms with Gasteiger partial charge in [-0.2, -0.15) is 5.10 Å². The lowest BCUT2D eigenvalue weighted by Gasteiger charge is -2.08. The number of amides is 2. The molecule has 2 aromatic rings. The van der Waals surface area contributed by atoms with Crippen LogP contribution in [0, 0.1) is 0 Å². The third-order valence-corrected chi connectivity index (χ3v) is 3.20. The molecule has 114 valence electrons. The number of hydrogen-bond acceptors (Lipinski definition) is 2. The van der Waals surface area contributed by atoms with E-state index in [1.165, 1.54) is 0 Å². The topological polar surface area (TPSA) is 53.5 Å². The number of anilines is 1. The summed E-state index contributed by atoms with van der Waals surface area (Å²) in [4.78, 5) is 11.9. The van der Waals surface area contributed by atoms with Crippen molar-refractivity contribution in [2.45, 2.75) is 26.2 Å². The Labute approximate surface area is 131 Å². The van der Waals surface area contributed by atoms with E-state index >= 15 is 0 Å². The molecule has 2 rings (SSSR count). The number of hydrazone groups is 1. The molecule has 22 heavy (non-hydrogen) atoms. The zero-order valence-electron chi connectivity index (χ0n) is 12.8. The maximum atomic E-state index is 11.9. The standard InChI is InChI=1S/C18H21N3O/c1-2-3-14-17(15-10-6-4-7-11-15)20-21-18(22)19-16-12-8-5-9-13-16/h4-13H,2-3,14H2,1H3,(H2,19,21,22)/b20-17+. The highest BCUT2D eigenvalue weighted by Gasteiger charge is 2.05. The molecule has 0 atom stereocenters. The number of nitrogens with zero attached hydrogens (tertiary/aromatic N) is 1. The minimum Gasteiger partial charge on any atom is -0.307 e. The summed E-state index contributed by atoms with van der Waals surface area (Å²) < 4.78 is 0. The van der Waals surface area contributed by atoms with Crippen LogP contribution in [0.4, 0.5) is 10.5 Å². The van der Waals surface area contributed by atoms with Crippen molar-refractivity contribution in [3.8, 4) is 0 Å². The Bertz CT molecular complexity index is 609. The Balaban J connectivity index is 2.01. The Morgan fingerprint density at radius 2 is 1.64 bits per heavy atom. The van der Waals surface area contributed by atoms with Crippen LogP contribution in [0.15, 0.2) is 65.8 Å². The summed E-state index contributed by atoms with van der Waals surface area (Å²) in [6.45, 7) is 2.14. The lowest BCUT2D eigenvalue weighted by atomic mass is 10.1. The summed E-state index contributed by atoms with van der Waals surface area (Å²) in [7, 11) is 0. The number of para-hydroxylation sites is 1. The fourth-order valence-corrected chi connectivity index (χ4v) is 2.04. The number of benzene rings is 2. The summed E-state index contributed by atoms with van der Waals surface area (Å²) in [5.41, 5.74) is 5.25. The van der Waals surface area contributed by atoms with Gasteiger partial charge in [0.1, 0.15) is 0 Å². The first kappa shape index (κ1) is 15.8. The average Bonchev–Trinajstić information content (AvgIpc) is 2.57. The highest BCUT2D eigenvalue weighted by molar-refractivity contribution is 6.01. The Morgan fingerprint density at radius 3 is 2.27 bits per heavy atom. The number of carbonyl (C=O) groups is 1. The normalized spacial score (nSPS) is 11.0. The van der Waals surface area contributed by atoms with Crippen LogP contribution in [0.3, 0.4) is 0 Å². The van der Waals surface area contributed by atoms with Gasteiger partial charge in [0.25, 0.3) is 0 Å². The van der Waals surface area contributed by atoms with Crippen molar-refractivity contribution in [3.05, 3.63) is 66.2 Å². The van der Waals surface area contributed by atoms with Gasteiger partial charge in [-0.25, -0.2) is 10.2 Å². The molecule has 0 aliphatic rings. The third kappa shape index (κ3) is 5.05. The number of unbranched alkanes of at least 4 members (excludes halogenated alkanes) is 1. The molecule has 2 amide bonds. The molecule has 0 saturated carbocycles. The van der Waals surface area contributed by atoms with Crippen LogP contribution in [-0.4, -0.2) is 11.7 Å². The van der Waals surface area contributed by atoms with Crippen LogP contribution in [-0.2, 0) is 0 Å². The van der Waals surface area contributed by atoms with Gasteiger partial charge in [0.15, 0.2) is 0 Å². The summed E-state index contributed by atoms with van der Waals surface area (Å²) >= 11 is 0. The second-order valence-corrected chi connectivity index (χ2v) is 4.96. The van der Waals surface area contributed by atoms with Gasteiger partial charge in [-0.3, -0.25) is 0 Å². The van der Waals surface area contributed by atoms with Gasteiger partial charge in [0.05, 0.1) is 5.71 Å². The van der Waals surface area contributed by atoms with Crippen molar-refractivity contribution < 1.29 is 4.79 Å². The van der Waals surface area contributed by atoms with E-state index in [9.17, 15) is 4.79 Å². The van der Waals surface area contributed by atoms with E-state index in [1.807, 2.05) is 60.7 Å². The molecule has 0 bridgehead atoms. The average molecular weight is 295 g/mol. The molecule has 0 radical (unpaired) electrons. The van der Waals surface area contributed by atoms with Crippen molar-refractivity contribution in [1.82, 2.24) is 5.43 Å². The summed E-state index contributed by atoms with van der Waals surface area (Å²) in [6, 6.07) is 18.9. The maximum Gasteiger partial charge on any atom is 0.339 e. The Hall–Kier alpha value is -2.62. The molecule has 2 N–H and O–H groups in total. The molecule has 0 fully saturated rings. The second kappa shape index (κ2) is 8.62. The number of nitrogens with one attached hydrogen (secondary N) is 2. The predicted octanol–water partition coefficient (Wildman–Crippen LogP) is 4.40. The SMILES string of the molecule is CCCC/C(=N\NC(=O)Nc1ccccc1)c1ccccc1. The second-order valence-electron chi connectivity index (χ2n) is 4.96. The van der Waals surface area contributed by atoms with E-state index in [4.69, 9.17) is 0 Å². The van der Waals surface area contributed by atoms with E-state index in [-0.39, 0.29) is 6.03 Å². The van der Waals surface area contributed by atoms with Crippen molar-refractivity contribution in [1.29, 1.82) is 0 Å². The van der Waals surface area contributed by atoms with E-state index < -0.39 is 0 Å².